The van der Waals surface area contributed by atoms with Crippen LogP contribution in [-0.4, -0.2) is 59.2 Å². The molecule has 0 aromatic rings. The molecule has 3 atom stereocenters. The summed E-state index contributed by atoms with van der Waals surface area (Å²) in [5.74, 6) is -2.80. The summed E-state index contributed by atoms with van der Waals surface area (Å²) in [6.45, 7) is 4.81. The number of thiol groups is 1. The van der Waals surface area contributed by atoms with E-state index in [1.807, 2.05) is 13.8 Å². The van der Waals surface area contributed by atoms with Crippen molar-refractivity contribution in [3.05, 3.63) is 0 Å². The first-order valence-electron chi connectivity index (χ1n) is 7.56. The number of carbonyl (C=O) groups excluding carboxylic acids is 3. The van der Waals surface area contributed by atoms with Gasteiger partial charge in [-0.2, -0.15) is 12.6 Å². The van der Waals surface area contributed by atoms with Crippen molar-refractivity contribution in [2.24, 2.45) is 11.7 Å². The molecule has 6 N–H and O–H groups in total. The highest BCUT2D eigenvalue weighted by Crippen LogP contribution is 2.06. The molecule has 0 saturated heterocycles. The number of hydrogen-bond donors (Lipinski definition) is 6. The van der Waals surface area contributed by atoms with Crippen molar-refractivity contribution < 1.29 is 24.3 Å². The average molecular weight is 362 g/mol. The van der Waals surface area contributed by atoms with Gasteiger partial charge in [-0.3, -0.25) is 19.2 Å². The zero-order valence-electron chi connectivity index (χ0n) is 14.0. The lowest BCUT2D eigenvalue weighted by atomic mass is 10.0. The quantitative estimate of drug-likeness (QED) is 0.260. The van der Waals surface area contributed by atoms with Crippen molar-refractivity contribution >= 4 is 36.3 Å². The van der Waals surface area contributed by atoms with E-state index in [-0.39, 0.29) is 18.2 Å². The van der Waals surface area contributed by atoms with Crippen molar-refractivity contribution in [1.29, 1.82) is 0 Å². The van der Waals surface area contributed by atoms with Gasteiger partial charge in [0.05, 0.1) is 6.54 Å². The number of rotatable bonds is 10. The van der Waals surface area contributed by atoms with Gasteiger partial charge in [0, 0.05) is 5.75 Å². The molecule has 24 heavy (non-hydrogen) atoms. The Kier molecular flexibility index (Phi) is 10.0. The molecule has 0 rings (SSSR count). The normalized spacial score (nSPS) is 14.4. The van der Waals surface area contributed by atoms with Crippen LogP contribution in [0, 0.1) is 5.92 Å². The summed E-state index contributed by atoms with van der Waals surface area (Å²) in [5, 5.41) is 16.0. The third-order valence-electron chi connectivity index (χ3n) is 3.09. The average Bonchev–Trinajstić information content (AvgIpc) is 2.50. The van der Waals surface area contributed by atoms with Gasteiger partial charge in [-0.05, 0) is 19.3 Å². The van der Waals surface area contributed by atoms with Crippen LogP contribution in [0.25, 0.3) is 0 Å². The van der Waals surface area contributed by atoms with E-state index in [1.165, 1.54) is 6.92 Å². The highest BCUT2D eigenvalue weighted by atomic mass is 32.1. The molecule has 0 saturated carbocycles. The van der Waals surface area contributed by atoms with Crippen LogP contribution in [0.2, 0.25) is 0 Å². The van der Waals surface area contributed by atoms with Crippen molar-refractivity contribution in [3.8, 4) is 0 Å². The number of nitrogens with one attached hydrogen (secondary N) is 3. The van der Waals surface area contributed by atoms with Crippen LogP contribution in [0.15, 0.2) is 0 Å². The van der Waals surface area contributed by atoms with Gasteiger partial charge in [0.1, 0.15) is 18.1 Å². The lowest BCUT2D eigenvalue weighted by Crippen LogP contribution is -2.56. The molecule has 0 bridgehead atoms. The Balaban J connectivity index is 4.91. The fourth-order valence-electron chi connectivity index (χ4n) is 1.80. The monoisotopic (exact) mass is 362 g/mol. The van der Waals surface area contributed by atoms with Gasteiger partial charge >= 0.3 is 5.97 Å². The molecule has 0 fully saturated rings. The number of carboxylic acids is 1. The molecule has 0 radical (unpaired) electrons. The molecule has 9 nitrogen and oxygen atoms in total. The maximum atomic E-state index is 12.3. The van der Waals surface area contributed by atoms with Crippen LogP contribution in [0.5, 0.6) is 0 Å². The SMILES string of the molecule is CC(C)CC(NC(=O)CN)C(=O)NC(CS)C(=O)NC(C)C(=O)O. The number of nitrogens with two attached hydrogens (primary N) is 1. The van der Waals surface area contributed by atoms with E-state index < -0.39 is 41.8 Å². The first-order valence-corrected chi connectivity index (χ1v) is 8.19. The molecule has 0 aliphatic heterocycles. The van der Waals surface area contributed by atoms with Gasteiger partial charge in [-0.15, -0.1) is 0 Å². The summed E-state index contributed by atoms with van der Waals surface area (Å²) in [5.41, 5.74) is 5.23. The van der Waals surface area contributed by atoms with Gasteiger partial charge in [0.2, 0.25) is 17.7 Å². The third kappa shape index (κ3) is 8.16. The van der Waals surface area contributed by atoms with E-state index in [0.29, 0.717) is 6.42 Å². The molecule has 0 spiro atoms. The number of carboxylic acid groups (broad SMARTS) is 1. The summed E-state index contributed by atoms with van der Waals surface area (Å²) in [7, 11) is 0. The predicted octanol–water partition coefficient (Wildman–Crippen LogP) is -1.52. The second kappa shape index (κ2) is 10.9. The smallest absolute Gasteiger partial charge is 0.325 e. The molecule has 0 aliphatic carbocycles. The van der Waals surface area contributed by atoms with E-state index in [4.69, 9.17) is 10.8 Å². The van der Waals surface area contributed by atoms with Crippen LogP contribution in [-0.2, 0) is 19.2 Å². The van der Waals surface area contributed by atoms with Crippen molar-refractivity contribution in [3.63, 3.8) is 0 Å². The summed E-state index contributed by atoms with van der Waals surface area (Å²) >= 11 is 4.00. The van der Waals surface area contributed by atoms with Crippen molar-refractivity contribution in [2.45, 2.75) is 45.3 Å². The van der Waals surface area contributed by atoms with Gasteiger partial charge in [-0.1, -0.05) is 13.8 Å². The highest BCUT2D eigenvalue weighted by Gasteiger charge is 2.27. The first-order chi connectivity index (χ1) is 11.1. The Morgan fingerprint density at radius 1 is 1.00 bits per heavy atom. The third-order valence-corrected chi connectivity index (χ3v) is 3.45. The predicted molar refractivity (Wildman–Crippen MR) is 91.5 cm³/mol. The largest absolute Gasteiger partial charge is 0.480 e. The minimum Gasteiger partial charge on any atom is -0.480 e. The van der Waals surface area contributed by atoms with Crippen LogP contribution >= 0.6 is 12.6 Å². The van der Waals surface area contributed by atoms with Crippen LogP contribution < -0.4 is 21.7 Å². The minimum atomic E-state index is -1.19. The first kappa shape index (κ1) is 22.2. The second-order valence-corrected chi connectivity index (χ2v) is 6.13. The Bertz CT molecular complexity index is 472. The highest BCUT2D eigenvalue weighted by molar-refractivity contribution is 7.80. The second-order valence-electron chi connectivity index (χ2n) is 5.77. The molecule has 0 aliphatic rings. The Morgan fingerprint density at radius 3 is 1.96 bits per heavy atom. The van der Waals surface area contributed by atoms with E-state index in [2.05, 4.69) is 28.6 Å². The number of hydrogen-bond acceptors (Lipinski definition) is 6. The fraction of sp³-hybridized carbons (Fsp3) is 0.714. The molecular weight excluding hydrogens is 336 g/mol. The molecule has 0 aromatic heterocycles. The molecule has 3 amide bonds. The molecular formula is C14H26N4O5S. The summed E-state index contributed by atoms with van der Waals surface area (Å²) in [6.07, 6.45) is 0.365. The van der Waals surface area contributed by atoms with E-state index in [1.54, 1.807) is 0 Å². The lowest BCUT2D eigenvalue weighted by Gasteiger charge is -2.23. The molecule has 10 heteroatoms. The Labute approximate surface area is 146 Å². The fourth-order valence-corrected chi connectivity index (χ4v) is 2.06. The number of aliphatic carboxylic acids is 1. The maximum absolute atomic E-state index is 12.3. The van der Waals surface area contributed by atoms with Gasteiger partial charge in [-0.25, -0.2) is 0 Å². The standard InChI is InChI=1S/C14H26N4O5S/c1-7(2)4-9(17-11(19)5-15)12(20)18-10(6-24)13(21)16-8(3)14(22)23/h7-10,24H,4-6,15H2,1-3H3,(H,16,21)(H,17,19)(H,18,20)(H,22,23). The Hall–Kier alpha value is -1.81. The van der Waals surface area contributed by atoms with Crippen LogP contribution in [0.1, 0.15) is 27.2 Å². The number of carbonyl (C=O) groups is 4. The summed E-state index contributed by atoms with van der Waals surface area (Å²) in [4.78, 5) is 46.5. The van der Waals surface area contributed by atoms with Crippen LogP contribution in [0.4, 0.5) is 0 Å². The minimum absolute atomic E-state index is 0.0247. The van der Waals surface area contributed by atoms with Crippen LogP contribution in [0.3, 0.4) is 0 Å². The Morgan fingerprint density at radius 2 is 1.54 bits per heavy atom. The van der Waals surface area contributed by atoms with Gasteiger partial charge < -0.3 is 26.8 Å². The van der Waals surface area contributed by atoms with Gasteiger partial charge in [0.25, 0.3) is 0 Å². The van der Waals surface area contributed by atoms with E-state index >= 15 is 0 Å². The summed E-state index contributed by atoms with van der Waals surface area (Å²) < 4.78 is 0. The van der Waals surface area contributed by atoms with Crippen molar-refractivity contribution in [1.82, 2.24) is 16.0 Å². The van der Waals surface area contributed by atoms with E-state index in [9.17, 15) is 19.2 Å². The molecule has 0 aromatic carbocycles. The topological polar surface area (TPSA) is 151 Å². The molecule has 3 unspecified atom stereocenters. The maximum Gasteiger partial charge on any atom is 0.325 e. The molecule has 138 valence electrons. The molecule has 0 heterocycles. The van der Waals surface area contributed by atoms with E-state index in [0.717, 1.165) is 0 Å². The zero-order chi connectivity index (χ0) is 18.9. The van der Waals surface area contributed by atoms with Crippen molar-refractivity contribution in [2.75, 3.05) is 12.3 Å². The van der Waals surface area contributed by atoms with Gasteiger partial charge in [0.15, 0.2) is 0 Å². The summed E-state index contributed by atoms with van der Waals surface area (Å²) in [6, 6.07) is -2.96. The number of amides is 3. The lowest BCUT2D eigenvalue weighted by molar-refractivity contribution is -0.141. The zero-order valence-corrected chi connectivity index (χ0v) is 14.9.